The molecule has 0 saturated carbocycles. The molecule has 1 aliphatic rings. The number of carbonyl (C=O) groups excluding carboxylic acids is 1. The predicted octanol–water partition coefficient (Wildman–Crippen LogP) is 4.00. The molecule has 8 nitrogen and oxygen atoms in total. The summed E-state index contributed by atoms with van der Waals surface area (Å²) in [6, 6.07) is 12.9. The molecule has 1 amide bonds. The molecule has 178 valence electrons. The van der Waals surface area contributed by atoms with Crippen molar-refractivity contribution in [1.29, 1.82) is 0 Å². The number of piperidine rings is 1. The normalized spacial score (nSPS) is 14.0. The van der Waals surface area contributed by atoms with Crippen LogP contribution in [-0.2, 0) is 5.75 Å². The second-order valence-electron chi connectivity index (χ2n) is 7.90. The summed E-state index contributed by atoms with van der Waals surface area (Å²) in [5.74, 6) is 2.57. The van der Waals surface area contributed by atoms with Gasteiger partial charge in [0.2, 0.25) is 0 Å². The van der Waals surface area contributed by atoms with Gasteiger partial charge in [-0.15, -0.1) is 11.8 Å². The van der Waals surface area contributed by atoms with Crippen molar-refractivity contribution in [2.45, 2.75) is 29.7 Å². The van der Waals surface area contributed by atoms with E-state index < -0.39 is 0 Å². The maximum Gasteiger partial charge on any atom is 0.258 e. The van der Waals surface area contributed by atoms with Crippen LogP contribution < -0.4 is 19.7 Å². The van der Waals surface area contributed by atoms with E-state index in [-0.39, 0.29) is 12.0 Å². The van der Waals surface area contributed by atoms with Crippen LogP contribution in [0.25, 0.3) is 0 Å². The molecule has 3 aromatic rings. The van der Waals surface area contributed by atoms with Crippen molar-refractivity contribution in [2.75, 3.05) is 37.5 Å². The van der Waals surface area contributed by atoms with Gasteiger partial charge in [-0.05, 0) is 43.2 Å². The third-order valence-electron chi connectivity index (χ3n) is 5.68. The second-order valence-corrected chi connectivity index (χ2v) is 8.86. The number of nitrogens with one attached hydrogen (secondary N) is 1. The zero-order chi connectivity index (χ0) is 23.9. The molecule has 3 heterocycles. The minimum Gasteiger partial charge on any atom is -0.497 e. The highest BCUT2D eigenvalue weighted by Crippen LogP contribution is 2.33. The zero-order valence-corrected chi connectivity index (χ0v) is 20.0. The van der Waals surface area contributed by atoms with Gasteiger partial charge in [-0.2, -0.15) is 0 Å². The van der Waals surface area contributed by atoms with Gasteiger partial charge >= 0.3 is 0 Å². The lowest BCUT2D eigenvalue weighted by molar-refractivity contribution is 0.102. The number of carbonyl (C=O) groups is 1. The van der Waals surface area contributed by atoms with Crippen molar-refractivity contribution in [3.05, 3.63) is 66.0 Å². The Morgan fingerprint density at radius 1 is 1.12 bits per heavy atom. The van der Waals surface area contributed by atoms with E-state index in [0.717, 1.165) is 36.0 Å². The predicted molar refractivity (Wildman–Crippen MR) is 133 cm³/mol. The number of amides is 1. The number of ether oxygens (including phenoxy) is 2. The topological polar surface area (TPSA) is 96.8 Å². The first-order chi connectivity index (χ1) is 16.6. The quantitative estimate of drug-likeness (QED) is 0.467. The highest BCUT2D eigenvalue weighted by molar-refractivity contribution is 7.98. The number of nitrogens with zero attached hydrogens (tertiary/aromatic N) is 3. The molecule has 2 aromatic heterocycles. The van der Waals surface area contributed by atoms with Gasteiger partial charge in [-0.25, -0.2) is 4.98 Å². The van der Waals surface area contributed by atoms with Gasteiger partial charge in [0.1, 0.15) is 22.3 Å². The van der Waals surface area contributed by atoms with Crippen LogP contribution in [0.4, 0.5) is 11.5 Å². The van der Waals surface area contributed by atoms with Gasteiger partial charge in [0.25, 0.3) is 5.91 Å². The summed E-state index contributed by atoms with van der Waals surface area (Å²) in [5, 5.41) is 13.4. The van der Waals surface area contributed by atoms with Crippen LogP contribution in [-0.4, -0.2) is 54.4 Å². The Bertz CT molecular complexity index is 1120. The summed E-state index contributed by atoms with van der Waals surface area (Å²) in [7, 11) is 3.24. The van der Waals surface area contributed by atoms with Crippen LogP contribution in [0.5, 0.6) is 11.5 Å². The number of aliphatic hydroxyl groups is 1. The van der Waals surface area contributed by atoms with Gasteiger partial charge < -0.3 is 24.8 Å². The lowest BCUT2D eigenvalue weighted by Gasteiger charge is -2.30. The number of hydrogen-bond donors (Lipinski definition) is 2. The van der Waals surface area contributed by atoms with Crippen LogP contribution in [0.2, 0.25) is 0 Å². The van der Waals surface area contributed by atoms with Crippen molar-refractivity contribution in [1.82, 2.24) is 9.97 Å². The largest absolute Gasteiger partial charge is 0.497 e. The molecule has 0 spiro atoms. The van der Waals surface area contributed by atoms with Gasteiger partial charge in [0.15, 0.2) is 0 Å². The Balaban J connectivity index is 1.60. The number of aliphatic hydroxyl groups excluding tert-OH is 1. The monoisotopic (exact) mass is 480 g/mol. The number of aromatic nitrogens is 2. The number of anilines is 2. The molecule has 0 aliphatic carbocycles. The maximum absolute atomic E-state index is 13.1. The van der Waals surface area contributed by atoms with Crippen molar-refractivity contribution in [2.24, 2.45) is 0 Å². The van der Waals surface area contributed by atoms with E-state index in [1.54, 1.807) is 38.7 Å². The molecule has 0 atom stereocenters. The maximum atomic E-state index is 13.1. The van der Waals surface area contributed by atoms with Crippen LogP contribution in [0.3, 0.4) is 0 Å². The first-order valence-electron chi connectivity index (χ1n) is 11.1. The SMILES string of the molecule is COc1ccc(CSc2nc(N3CCC(O)CC3)ccc2C(=O)Nc2ccncc2)c(OC)c1. The minimum atomic E-state index is -0.266. The Labute approximate surface area is 203 Å². The molecule has 9 heteroatoms. The molecule has 2 N–H and O–H groups in total. The van der Waals surface area contributed by atoms with E-state index in [1.807, 2.05) is 30.3 Å². The van der Waals surface area contributed by atoms with Crippen LogP contribution in [0.1, 0.15) is 28.8 Å². The standard InChI is InChI=1S/C25H28N4O4S/c1-32-20-4-3-17(22(15-20)33-2)16-34-25-21(24(31)27-18-7-11-26-12-8-18)5-6-23(28-25)29-13-9-19(30)10-14-29/h3-8,11-12,15,19,30H,9-10,13-14,16H2,1-2H3,(H,26,27,31). The number of methoxy groups -OCH3 is 2. The van der Waals surface area contributed by atoms with Crippen LogP contribution in [0, 0.1) is 0 Å². The van der Waals surface area contributed by atoms with Gasteiger partial charge in [0.05, 0.1) is 25.9 Å². The van der Waals surface area contributed by atoms with Gasteiger partial charge in [-0.1, -0.05) is 6.07 Å². The first-order valence-corrected chi connectivity index (χ1v) is 12.0. The molecule has 0 radical (unpaired) electrons. The number of pyridine rings is 2. The average Bonchev–Trinajstić information content (AvgIpc) is 2.88. The Morgan fingerprint density at radius 2 is 1.88 bits per heavy atom. The zero-order valence-electron chi connectivity index (χ0n) is 19.2. The molecule has 1 aromatic carbocycles. The molecule has 0 unspecified atom stereocenters. The molecule has 1 aliphatic heterocycles. The number of hydrogen-bond acceptors (Lipinski definition) is 8. The van der Waals surface area contributed by atoms with Crippen molar-refractivity contribution in [3.8, 4) is 11.5 Å². The smallest absolute Gasteiger partial charge is 0.258 e. The minimum absolute atomic E-state index is 0.233. The number of rotatable bonds is 8. The van der Waals surface area contributed by atoms with E-state index in [1.165, 1.54) is 11.8 Å². The van der Waals surface area contributed by atoms with Gasteiger partial charge in [0, 0.05) is 48.6 Å². The Kier molecular flexibility index (Phi) is 7.87. The van der Waals surface area contributed by atoms with Crippen molar-refractivity contribution in [3.63, 3.8) is 0 Å². The van der Waals surface area contributed by atoms with Crippen LogP contribution in [0.15, 0.2) is 59.9 Å². The molecule has 1 fully saturated rings. The fourth-order valence-electron chi connectivity index (χ4n) is 3.74. The second kappa shape index (κ2) is 11.2. The molecule has 0 bridgehead atoms. The van der Waals surface area contributed by atoms with E-state index in [4.69, 9.17) is 14.5 Å². The molecule has 1 saturated heterocycles. The van der Waals surface area contributed by atoms with E-state index in [0.29, 0.717) is 34.9 Å². The summed E-state index contributed by atoms with van der Waals surface area (Å²) in [6.45, 7) is 1.46. The summed E-state index contributed by atoms with van der Waals surface area (Å²) in [4.78, 5) is 24.1. The molecular weight excluding hydrogens is 452 g/mol. The summed E-state index contributed by atoms with van der Waals surface area (Å²) < 4.78 is 10.8. The summed E-state index contributed by atoms with van der Waals surface area (Å²) in [6.07, 6.45) is 4.41. The molecule has 4 rings (SSSR count). The first kappa shape index (κ1) is 23.8. The van der Waals surface area contributed by atoms with E-state index in [2.05, 4.69) is 15.2 Å². The fraction of sp³-hybridized carbons (Fsp3) is 0.320. The van der Waals surface area contributed by atoms with Crippen LogP contribution >= 0.6 is 11.8 Å². The highest BCUT2D eigenvalue weighted by Gasteiger charge is 2.21. The van der Waals surface area contributed by atoms with E-state index >= 15 is 0 Å². The number of benzene rings is 1. The summed E-state index contributed by atoms with van der Waals surface area (Å²) in [5.41, 5.74) is 2.14. The van der Waals surface area contributed by atoms with E-state index in [9.17, 15) is 9.90 Å². The van der Waals surface area contributed by atoms with Gasteiger partial charge in [-0.3, -0.25) is 9.78 Å². The third-order valence-corrected chi connectivity index (χ3v) is 6.72. The molecular formula is C25H28N4O4S. The lowest BCUT2D eigenvalue weighted by Crippen LogP contribution is -2.36. The lowest BCUT2D eigenvalue weighted by atomic mass is 10.1. The Morgan fingerprint density at radius 3 is 2.59 bits per heavy atom. The average molecular weight is 481 g/mol. The number of thioether (sulfide) groups is 1. The highest BCUT2D eigenvalue weighted by atomic mass is 32.2. The molecule has 34 heavy (non-hydrogen) atoms. The van der Waals surface area contributed by atoms with Crippen molar-refractivity contribution < 1.29 is 19.4 Å². The fourth-order valence-corrected chi connectivity index (χ4v) is 4.74. The summed E-state index contributed by atoms with van der Waals surface area (Å²) >= 11 is 1.48. The Hall–Kier alpha value is -3.30. The third kappa shape index (κ3) is 5.78. The van der Waals surface area contributed by atoms with Crippen molar-refractivity contribution >= 4 is 29.2 Å².